The molecule has 132 valence electrons. The second kappa shape index (κ2) is 6.79. The van der Waals surface area contributed by atoms with E-state index in [4.69, 9.17) is 5.73 Å². The summed E-state index contributed by atoms with van der Waals surface area (Å²) in [4.78, 5) is 32.7. The minimum atomic E-state index is -0.362. The first-order chi connectivity index (χ1) is 12.4. The molecule has 2 aromatic rings. The summed E-state index contributed by atoms with van der Waals surface area (Å²) in [5.41, 5.74) is 8.49. The van der Waals surface area contributed by atoms with Crippen LogP contribution in [0.1, 0.15) is 12.6 Å². The molecular formula is C19H19N5O2. The number of nitrogens with zero attached hydrogens (tertiary/aromatic N) is 4. The highest BCUT2D eigenvalue weighted by Gasteiger charge is 2.18. The van der Waals surface area contributed by atoms with E-state index in [1.807, 2.05) is 37.3 Å². The highest BCUT2D eigenvalue weighted by molar-refractivity contribution is 6.52. The summed E-state index contributed by atoms with van der Waals surface area (Å²) in [5.74, 6) is -0.362. The van der Waals surface area contributed by atoms with Gasteiger partial charge in [-0.15, -0.1) is 0 Å². The lowest BCUT2D eigenvalue weighted by molar-refractivity contribution is -0.115. The number of aromatic nitrogens is 2. The van der Waals surface area contributed by atoms with Gasteiger partial charge in [-0.25, -0.2) is 14.7 Å². The molecule has 1 heterocycles. The molecule has 0 spiro atoms. The van der Waals surface area contributed by atoms with E-state index in [-0.39, 0.29) is 11.5 Å². The predicted octanol–water partition coefficient (Wildman–Crippen LogP) is 1.96. The van der Waals surface area contributed by atoms with E-state index in [9.17, 15) is 9.59 Å². The van der Waals surface area contributed by atoms with Crippen molar-refractivity contribution in [1.29, 1.82) is 0 Å². The molecule has 0 atom stereocenters. The minimum Gasteiger partial charge on any atom is -0.399 e. The fourth-order valence-electron chi connectivity index (χ4n) is 2.70. The molecule has 1 aromatic heterocycles. The Kier molecular flexibility index (Phi) is 4.53. The fourth-order valence-corrected chi connectivity index (χ4v) is 2.70. The maximum absolute atomic E-state index is 12.9. The first-order valence-electron chi connectivity index (χ1n) is 8.06. The fraction of sp³-hybridized carbons (Fsp3) is 0.158. The van der Waals surface area contributed by atoms with Crippen molar-refractivity contribution in [3.05, 3.63) is 70.3 Å². The van der Waals surface area contributed by atoms with E-state index in [0.29, 0.717) is 28.5 Å². The van der Waals surface area contributed by atoms with Crippen LogP contribution in [0.4, 0.5) is 5.69 Å². The molecule has 2 N–H and O–H groups in total. The monoisotopic (exact) mass is 349 g/mol. The molecule has 7 heteroatoms. The largest absolute Gasteiger partial charge is 0.399 e. The van der Waals surface area contributed by atoms with Crippen LogP contribution in [-0.4, -0.2) is 26.7 Å². The zero-order valence-electron chi connectivity index (χ0n) is 14.8. The normalized spacial score (nSPS) is 17.0. The van der Waals surface area contributed by atoms with Crippen LogP contribution in [0.3, 0.4) is 0 Å². The number of para-hydroxylation sites is 1. The Hall–Kier alpha value is -3.48. The van der Waals surface area contributed by atoms with Crippen LogP contribution >= 0.6 is 0 Å². The molecule has 1 aromatic carbocycles. The van der Waals surface area contributed by atoms with Gasteiger partial charge in [-0.3, -0.25) is 14.3 Å². The number of carbonyl (C=O) groups is 1. The molecule has 26 heavy (non-hydrogen) atoms. The Balaban J connectivity index is 2.17. The number of aliphatic imine (C=N–C) groups is 2. The number of nitrogens with two attached hydrogens (primary N) is 1. The van der Waals surface area contributed by atoms with Gasteiger partial charge in [-0.05, 0) is 37.3 Å². The zero-order valence-corrected chi connectivity index (χ0v) is 14.8. The van der Waals surface area contributed by atoms with E-state index < -0.39 is 0 Å². The number of carbonyl (C=O) groups excluding carboxylic acids is 1. The third-order valence-electron chi connectivity index (χ3n) is 4.03. The standard InChI is InChI=1S/C19H19N5O2/c1-12-18(19(26)24(23(12)3)15-7-5-4-6-8-15)22-16-10-9-14(20)11-17(16)21-13(2)25/h4-11H,20H2,1-3H3. The van der Waals surface area contributed by atoms with E-state index >= 15 is 0 Å². The number of hydrogen-bond acceptors (Lipinski definition) is 4. The number of amides is 1. The van der Waals surface area contributed by atoms with Crippen molar-refractivity contribution in [3.8, 4) is 5.69 Å². The van der Waals surface area contributed by atoms with Crippen molar-refractivity contribution in [2.75, 3.05) is 0 Å². The second-order valence-electron chi connectivity index (χ2n) is 5.90. The Morgan fingerprint density at radius 3 is 2.46 bits per heavy atom. The Bertz CT molecular complexity index is 1050. The van der Waals surface area contributed by atoms with Crippen LogP contribution in [0.5, 0.6) is 0 Å². The van der Waals surface area contributed by atoms with E-state index in [1.54, 1.807) is 34.6 Å². The third-order valence-corrected chi connectivity index (χ3v) is 4.03. The Morgan fingerprint density at radius 1 is 1.12 bits per heavy atom. The maximum atomic E-state index is 12.9. The first-order valence-corrected chi connectivity index (χ1v) is 8.06. The molecule has 7 nitrogen and oxygen atoms in total. The molecular weight excluding hydrogens is 330 g/mol. The lowest BCUT2D eigenvalue weighted by atomic mass is 10.1. The van der Waals surface area contributed by atoms with Crippen LogP contribution in [0.15, 0.2) is 69.0 Å². The van der Waals surface area contributed by atoms with Gasteiger partial charge in [0.25, 0.3) is 5.56 Å². The maximum Gasteiger partial charge on any atom is 0.297 e. The molecule has 0 saturated carbocycles. The number of benzene rings is 1. The van der Waals surface area contributed by atoms with Crippen LogP contribution in [-0.2, 0) is 11.8 Å². The molecule has 1 amide bonds. The average molecular weight is 349 g/mol. The molecule has 3 rings (SSSR count). The van der Waals surface area contributed by atoms with Crippen LogP contribution in [0, 0.1) is 6.92 Å². The first kappa shape index (κ1) is 17.3. The minimum absolute atomic E-state index is 0.248. The lowest BCUT2D eigenvalue weighted by Gasteiger charge is -2.07. The molecule has 0 bridgehead atoms. The van der Waals surface area contributed by atoms with Gasteiger partial charge in [-0.2, -0.15) is 0 Å². The second-order valence-corrected chi connectivity index (χ2v) is 5.90. The molecule has 0 radical (unpaired) electrons. The molecule has 0 saturated heterocycles. The summed E-state index contributed by atoms with van der Waals surface area (Å²) in [6.07, 6.45) is 4.87. The summed E-state index contributed by atoms with van der Waals surface area (Å²) in [6.45, 7) is 3.17. The van der Waals surface area contributed by atoms with Gasteiger partial charge in [0.2, 0.25) is 5.91 Å². The summed E-state index contributed by atoms with van der Waals surface area (Å²) >= 11 is 0. The van der Waals surface area contributed by atoms with Crippen molar-refractivity contribution in [1.82, 2.24) is 9.36 Å². The van der Waals surface area contributed by atoms with Crippen molar-refractivity contribution >= 4 is 23.0 Å². The summed E-state index contributed by atoms with van der Waals surface area (Å²) in [7, 11) is 1.80. The topological polar surface area (TPSA) is 94.7 Å². The third kappa shape index (κ3) is 3.19. The van der Waals surface area contributed by atoms with E-state index in [2.05, 4.69) is 9.98 Å². The molecule has 0 fully saturated rings. The van der Waals surface area contributed by atoms with Crippen LogP contribution in [0.25, 0.3) is 5.69 Å². The van der Waals surface area contributed by atoms with Gasteiger partial charge < -0.3 is 5.73 Å². The van der Waals surface area contributed by atoms with Crippen molar-refractivity contribution in [3.63, 3.8) is 0 Å². The zero-order chi connectivity index (χ0) is 18.8. The van der Waals surface area contributed by atoms with Gasteiger partial charge in [0.05, 0.1) is 22.8 Å². The van der Waals surface area contributed by atoms with Crippen molar-refractivity contribution in [2.24, 2.45) is 22.8 Å². The molecule has 0 unspecified atom stereocenters. The average Bonchev–Trinajstić information content (AvgIpc) is 2.81. The molecule has 1 aliphatic rings. The molecule has 0 aliphatic heterocycles. The Morgan fingerprint density at radius 2 is 1.81 bits per heavy atom. The van der Waals surface area contributed by atoms with Crippen molar-refractivity contribution in [2.45, 2.75) is 13.8 Å². The Labute approximate surface area is 150 Å². The predicted molar refractivity (Wildman–Crippen MR) is 102 cm³/mol. The SMILES string of the molecule is CC(=O)N=C1C=C(N)C=CC1=Nc1c(C)n(C)n(-c2ccccc2)c1=O. The summed E-state index contributed by atoms with van der Waals surface area (Å²) < 4.78 is 3.29. The van der Waals surface area contributed by atoms with E-state index in [0.717, 1.165) is 5.69 Å². The quantitative estimate of drug-likeness (QED) is 0.840. The number of allylic oxidation sites excluding steroid dienone is 3. The highest BCUT2D eigenvalue weighted by atomic mass is 16.1. The smallest absolute Gasteiger partial charge is 0.297 e. The number of hydrogen-bond donors (Lipinski definition) is 1. The van der Waals surface area contributed by atoms with E-state index in [1.165, 1.54) is 6.92 Å². The summed E-state index contributed by atoms with van der Waals surface area (Å²) in [6, 6.07) is 9.32. The van der Waals surface area contributed by atoms with Gasteiger partial charge in [0, 0.05) is 19.7 Å². The van der Waals surface area contributed by atoms with Crippen molar-refractivity contribution < 1.29 is 4.79 Å². The van der Waals surface area contributed by atoms with Crippen LogP contribution in [0.2, 0.25) is 0 Å². The lowest BCUT2D eigenvalue weighted by Crippen LogP contribution is -2.20. The molecule has 1 aliphatic carbocycles. The van der Waals surface area contributed by atoms with Crippen LogP contribution < -0.4 is 11.3 Å². The van der Waals surface area contributed by atoms with Gasteiger partial charge >= 0.3 is 0 Å². The summed E-state index contributed by atoms with van der Waals surface area (Å²) in [5, 5.41) is 0. The van der Waals surface area contributed by atoms with Gasteiger partial charge in [-0.1, -0.05) is 18.2 Å². The highest BCUT2D eigenvalue weighted by Crippen LogP contribution is 2.18. The number of rotatable bonds is 2. The van der Waals surface area contributed by atoms with Gasteiger partial charge in [0.15, 0.2) is 5.69 Å². The van der Waals surface area contributed by atoms with Gasteiger partial charge in [0.1, 0.15) is 0 Å².